The van der Waals surface area contributed by atoms with Gasteiger partial charge in [0.25, 0.3) is 5.56 Å². The van der Waals surface area contributed by atoms with Gasteiger partial charge in [-0.05, 0) is 46.9 Å². The van der Waals surface area contributed by atoms with E-state index >= 15 is 0 Å². The molecule has 0 spiro atoms. The normalized spacial score (nSPS) is 18.6. The molecule has 24 heavy (non-hydrogen) atoms. The van der Waals surface area contributed by atoms with E-state index in [9.17, 15) is 14.4 Å². The number of aromatic nitrogens is 2. The van der Waals surface area contributed by atoms with Crippen molar-refractivity contribution in [1.82, 2.24) is 9.13 Å². The number of carbonyl (C=O) groups excluding carboxylic acids is 1. The number of nitrogens with one attached hydrogen (secondary N) is 1. The van der Waals surface area contributed by atoms with E-state index in [1.165, 1.54) is 11.6 Å². The van der Waals surface area contributed by atoms with Gasteiger partial charge in [0.15, 0.2) is 6.29 Å². The van der Waals surface area contributed by atoms with Gasteiger partial charge in [0.1, 0.15) is 18.1 Å². The van der Waals surface area contributed by atoms with Crippen molar-refractivity contribution in [2.75, 3.05) is 21.7 Å². The summed E-state index contributed by atoms with van der Waals surface area (Å²) in [6.07, 6.45) is -0.506. The molecule has 1 aromatic heterocycles. The highest BCUT2D eigenvalue weighted by molar-refractivity contribution is 14.1. The Morgan fingerprint density at radius 1 is 1.08 bits per heavy atom. The van der Waals surface area contributed by atoms with Crippen LogP contribution >= 0.6 is 22.6 Å². The van der Waals surface area contributed by atoms with E-state index in [0.717, 1.165) is 13.8 Å². The summed E-state index contributed by atoms with van der Waals surface area (Å²) in [7, 11) is 3.04. The fraction of sp³-hybridized carbons (Fsp3) is 0.267. The summed E-state index contributed by atoms with van der Waals surface area (Å²) >= 11 is 2.20. The molecule has 0 radical (unpaired) electrons. The maximum Gasteiger partial charge on any atom is 0.332 e. The van der Waals surface area contributed by atoms with Crippen LogP contribution in [0.5, 0.6) is 0 Å². The molecule has 1 fully saturated rings. The fourth-order valence-corrected chi connectivity index (χ4v) is 3.59. The molecule has 4 rings (SSSR count). The minimum absolute atomic E-state index is 0.0903. The Balaban J connectivity index is 1.85. The highest BCUT2D eigenvalue weighted by atomic mass is 127. The monoisotopic (exact) mass is 439 g/mol. The SMILES string of the molecule is Cn1c2c(c(=O)n(C)c1=O)NC1N2CC(=O)N1c1ccc(I)cc1. The quantitative estimate of drug-likeness (QED) is 0.645. The maximum atomic E-state index is 12.5. The molecule has 9 heteroatoms. The second-order valence-electron chi connectivity index (χ2n) is 5.79. The second kappa shape index (κ2) is 5.10. The first-order chi connectivity index (χ1) is 11.4. The lowest BCUT2D eigenvalue weighted by molar-refractivity contribution is -0.116. The molecule has 0 bridgehead atoms. The molecule has 1 aromatic carbocycles. The number of benzene rings is 1. The summed E-state index contributed by atoms with van der Waals surface area (Å²) in [5, 5.41) is 3.10. The third-order valence-corrected chi connectivity index (χ3v) is 5.12. The van der Waals surface area contributed by atoms with E-state index in [2.05, 4.69) is 27.9 Å². The molecule has 0 aliphatic carbocycles. The number of rotatable bonds is 1. The van der Waals surface area contributed by atoms with Crippen LogP contribution in [0.2, 0.25) is 0 Å². The van der Waals surface area contributed by atoms with Gasteiger partial charge in [-0.15, -0.1) is 0 Å². The van der Waals surface area contributed by atoms with Crippen LogP contribution in [-0.4, -0.2) is 27.9 Å². The third-order valence-electron chi connectivity index (χ3n) is 4.40. The number of amides is 1. The Morgan fingerprint density at radius 2 is 1.75 bits per heavy atom. The van der Waals surface area contributed by atoms with Gasteiger partial charge >= 0.3 is 5.69 Å². The lowest BCUT2D eigenvalue weighted by atomic mass is 10.3. The molecular formula is C15H14IN5O3. The molecule has 8 nitrogen and oxygen atoms in total. The summed E-state index contributed by atoms with van der Waals surface area (Å²) in [4.78, 5) is 40.4. The molecule has 1 N–H and O–H groups in total. The van der Waals surface area contributed by atoms with Crippen molar-refractivity contribution < 1.29 is 4.79 Å². The maximum absolute atomic E-state index is 12.5. The average Bonchev–Trinajstić information content (AvgIpc) is 3.06. The van der Waals surface area contributed by atoms with Crippen molar-refractivity contribution in [1.29, 1.82) is 0 Å². The topological polar surface area (TPSA) is 79.6 Å². The van der Waals surface area contributed by atoms with Crippen LogP contribution < -0.4 is 26.4 Å². The molecular weight excluding hydrogens is 425 g/mol. The number of halogens is 1. The molecule has 2 aliphatic rings. The Hall–Kier alpha value is -2.30. The van der Waals surface area contributed by atoms with E-state index in [4.69, 9.17) is 0 Å². The molecule has 1 unspecified atom stereocenters. The first-order valence-electron chi connectivity index (χ1n) is 7.31. The lowest BCUT2D eigenvalue weighted by Crippen LogP contribution is -2.42. The minimum Gasteiger partial charge on any atom is -0.340 e. The van der Waals surface area contributed by atoms with Crippen LogP contribution in [-0.2, 0) is 18.9 Å². The highest BCUT2D eigenvalue weighted by Gasteiger charge is 2.46. The Morgan fingerprint density at radius 3 is 2.42 bits per heavy atom. The minimum atomic E-state index is -0.506. The molecule has 2 aliphatic heterocycles. The summed E-state index contributed by atoms with van der Waals surface area (Å²) in [5.41, 5.74) is 0.279. The molecule has 124 valence electrons. The van der Waals surface area contributed by atoms with E-state index in [0.29, 0.717) is 11.5 Å². The largest absolute Gasteiger partial charge is 0.340 e. The van der Waals surface area contributed by atoms with Gasteiger partial charge in [0.2, 0.25) is 5.91 Å². The Labute approximate surface area is 150 Å². The smallest absolute Gasteiger partial charge is 0.332 e. The fourth-order valence-electron chi connectivity index (χ4n) is 3.23. The zero-order valence-electron chi connectivity index (χ0n) is 13.0. The van der Waals surface area contributed by atoms with E-state index in [1.807, 2.05) is 24.3 Å². The van der Waals surface area contributed by atoms with Gasteiger partial charge in [-0.2, -0.15) is 0 Å². The Bertz CT molecular complexity index is 978. The average molecular weight is 439 g/mol. The highest BCUT2D eigenvalue weighted by Crippen LogP contribution is 2.37. The molecule has 1 amide bonds. The number of carbonyl (C=O) groups is 1. The van der Waals surface area contributed by atoms with Crippen molar-refractivity contribution >= 4 is 45.7 Å². The van der Waals surface area contributed by atoms with Gasteiger partial charge in [-0.1, -0.05) is 0 Å². The first-order valence-corrected chi connectivity index (χ1v) is 8.39. The molecule has 2 aromatic rings. The van der Waals surface area contributed by atoms with Crippen molar-refractivity contribution in [3.05, 3.63) is 48.7 Å². The molecule has 1 saturated heterocycles. The van der Waals surface area contributed by atoms with E-state index in [1.54, 1.807) is 16.8 Å². The van der Waals surface area contributed by atoms with Gasteiger partial charge in [0.05, 0.1) is 0 Å². The summed E-state index contributed by atoms with van der Waals surface area (Å²) in [6, 6.07) is 7.57. The van der Waals surface area contributed by atoms with Gasteiger partial charge in [-0.3, -0.25) is 23.6 Å². The standard InChI is InChI=1S/C15H14IN5O3/c1-18-12-11(13(23)19(2)15(18)24)17-14-20(12)7-10(22)21(14)9-5-3-8(16)4-6-9/h3-6,14,17H,7H2,1-2H3. The van der Waals surface area contributed by atoms with Gasteiger partial charge < -0.3 is 10.2 Å². The van der Waals surface area contributed by atoms with Crippen molar-refractivity contribution in [3.8, 4) is 0 Å². The second-order valence-corrected chi connectivity index (χ2v) is 7.04. The predicted molar refractivity (Wildman–Crippen MR) is 98.3 cm³/mol. The van der Waals surface area contributed by atoms with Crippen molar-refractivity contribution in [2.45, 2.75) is 6.29 Å². The van der Waals surface area contributed by atoms with Crippen LogP contribution in [0, 0.1) is 3.57 Å². The summed E-state index contributed by atoms with van der Waals surface area (Å²) < 4.78 is 3.53. The van der Waals surface area contributed by atoms with Crippen molar-refractivity contribution in [3.63, 3.8) is 0 Å². The summed E-state index contributed by atoms with van der Waals surface area (Å²) in [5.74, 6) is 0.363. The molecule has 0 saturated carbocycles. The molecule has 1 atom stereocenters. The number of anilines is 3. The van der Waals surface area contributed by atoms with Crippen LogP contribution in [0.25, 0.3) is 0 Å². The van der Waals surface area contributed by atoms with E-state index < -0.39 is 17.5 Å². The van der Waals surface area contributed by atoms with Crippen LogP contribution in [0.4, 0.5) is 17.2 Å². The Kier molecular flexibility index (Phi) is 3.24. The zero-order valence-corrected chi connectivity index (χ0v) is 15.1. The number of nitrogens with zero attached hydrogens (tertiary/aromatic N) is 4. The van der Waals surface area contributed by atoms with Crippen LogP contribution in [0.1, 0.15) is 0 Å². The van der Waals surface area contributed by atoms with Crippen LogP contribution in [0.3, 0.4) is 0 Å². The molecule has 3 heterocycles. The number of hydrogen-bond acceptors (Lipinski definition) is 5. The first kappa shape index (κ1) is 15.2. The lowest BCUT2D eigenvalue weighted by Gasteiger charge is -2.25. The zero-order chi connectivity index (χ0) is 17.2. The predicted octanol–water partition coefficient (Wildman–Crippen LogP) is 0.251. The third kappa shape index (κ3) is 1.93. The summed E-state index contributed by atoms with van der Waals surface area (Å²) in [6.45, 7) is 0.108. The van der Waals surface area contributed by atoms with Crippen LogP contribution in [0.15, 0.2) is 33.9 Å². The number of fused-ring (bicyclic) bond motifs is 3. The van der Waals surface area contributed by atoms with Crippen molar-refractivity contribution in [2.24, 2.45) is 14.1 Å². The van der Waals surface area contributed by atoms with E-state index in [-0.39, 0.29) is 12.5 Å². The number of hydrogen-bond donors (Lipinski definition) is 1. The van der Waals surface area contributed by atoms with Gasteiger partial charge in [0, 0.05) is 23.4 Å². The van der Waals surface area contributed by atoms with Gasteiger partial charge in [-0.25, -0.2) is 4.79 Å².